The minimum atomic E-state index is -0.0985. The second-order valence-corrected chi connectivity index (χ2v) is 5.51. The summed E-state index contributed by atoms with van der Waals surface area (Å²) < 4.78 is 5.75. The van der Waals surface area contributed by atoms with Gasteiger partial charge in [-0.15, -0.1) is 0 Å². The molecule has 0 spiro atoms. The van der Waals surface area contributed by atoms with E-state index in [0.717, 1.165) is 18.4 Å². The smallest absolute Gasteiger partial charge is 0.243 e. The van der Waals surface area contributed by atoms with E-state index in [-0.39, 0.29) is 5.91 Å². The summed E-state index contributed by atoms with van der Waals surface area (Å²) >= 11 is 0. The quantitative estimate of drug-likeness (QED) is 0.577. The zero-order chi connectivity index (χ0) is 17.2. The zero-order valence-electron chi connectivity index (χ0n) is 14.0. The lowest BCUT2D eigenvalue weighted by Gasteiger charge is -2.09. The second-order valence-electron chi connectivity index (χ2n) is 5.51. The summed E-state index contributed by atoms with van der Waals surface area (Å²) in [5, 5.41) is 2.79. The molecule has 0 unspecified atom stereocenters. The van der Waals surface area contributed by atoms with Crippen LogP contribution in [0.1, 0.15) is 24.5 Å². The summed E-state index contributed by atoms with van der Waals surface area (Å²) in [6, 6.07) is 15.7. The van der Waals surface area contributed by atoms with Gasteiger partial charge in [-0.05, 0) is 35.8 Å². The van der Waals surface area contributed by atoms with Crippen LogP contribution >= 0.6 is 0 Å². The Balaban J connectivity index is 1.87. The highest BCUT2D eigenvalue weighted by Crippen LogP contribution is 2.23. The summed E-state index contributed by atoms with van der Waals surface area (Å²) in [5.41, 5.74) is 8.70. The Kier molecular flexibility index (Phi) is 6.90. The number of rotatable bonds is 8. The van der Waals surface area contributed by atoms with Gasteiger partial charge in [-0.3, -0.25) is 4.79 Å². The lowest BCUT2D eigenvalue weighted by Crippen LogP contribution is -2.21. The molecule has 0 atom stereocenters. The molecular weight excluding hydrogens is 300 g/mol. The molecule has 4 heteroatoms. The predicted octanol–water partition coefficient (Wildman–Crippen LogP) is 3.43. The zero-order valence-corrected chi connectivity index (χ0v) is 14.0. The first kappa shape index (κ1) is 17.6. The maximum atomic E-state index is 11.5. The number of hydrogen-bond acceptors (Lipinski definition) is 3. The van der Waals surface area contributed by atoms with Crippen molar-refractivity contribution in [3.8, 4) is 5.75 Å². The van der Waals surface area contributed by atoms with E-state index in [2.05, 4.69) is 17.4 Å². The SMILES string of the molecule is CCCNC(=O)/C=C\c1ccc(OCCc2ccccc2)c(N)c1. The van der Waals surface area contributed by atoms with Crippen LogP contribution < -0.4 is 15.8 Å². The van der Waals surface area contributed by atoms with E-state index < -0.39 is 0 Å². The minimum absolute atomic E-state index is 0.0985. The van der Waals surface area contributed by atoms with Crippen LogP contribution in [0.15, 0.2) is 54.6 Å². The maximum Gasteiger partial charge on any atom is 0.243 e. The van der Waals surface area contributed by atoms with Crippen molar-refractivity contribution < 1.29 is 9.53 Å². The number of anilines is 1. The summed E-state index contributed by atoms with van der Waals surface area (Å²) in [7, 11) is 0. The summed E-state index contributed by atoms with van der Waals surface area (Å²) in [6.45, 7) is 3.27. The standard InChI is InChI=1S/C20H24N2O2/c1-2-13-22-20(23)11-9-17-8-10-19(18(21)15-17)24-14-12-16-6-4-3-5-7-16/h3-11,15H,2,12-14,21H2,1H3,(H,22,23)/b11-9-. The molecule has 0 bridgehead atoms. The number of nitrogens with two attached hydrogens (primary N) is 1. The first-order chi connectivity index (χ1) is 11.7. The van der Waals surface area contributed by atoms with Gasteiger partial charge in [0.15, 0.2) is 0 Å². The maximum absolute atomic E-state index is 11.5. The summed E-state index contributed by atoms with van der Waals surface area (Å²) in [6.07, 6.45) is 5.01. The van der Waals surface area contributed by atoms with E-state index in [4.69, 9.17) is 10.5 Å². The lowest BCUT2D eigenvalue weighted by atomic mass is 10.1. The summed E-state index contributed by atoms with van der Waals surface area (Å²) in [5.74, 6) is 0.567. The molecule has 0 radical (unpaired) electrons. The van der Waals surface area contributed by atoms with Crippen LogP contribution in [0.5, 0.6) is 5.75 Å². The third-order valence-electron chi connectivity index (χ3n) is 3.50. The van der Waals surface area contributed by atoms with Gasteiger partial charge in [-0.1, -0.05) is 43.3 Å². The molecule has 126 valence electrons. The topological polar surface area (TPSA) is 64.3 Å². The van der Waals surface area contributed by atoms with Crippen molar-refractivity contribution in [3.05, 3.63) is 65.7 Å². The fourth-order valence-corrected chi connectivity index (χ4v) is 2.20. The molecular formula is C20H24N2O2. The Labute approximate surface area is 143 Å². The van der Waals surface area contributed by atoms with E-state index in [1.807, 2.05) is 37.3 Å². The fourth-order valence-electron chi connectivity index (χ4n) is 2.20. The molecule has 1 amide bonds. The van der Waals surface area contributed by atoms with Crippen LogP contribution in [0.25, 0.3) is 6.08 Å². The van der Waals surface area contributed by atoms with Gasteiger partial charge >= 0.3 is 0 Å². The number of carbonyl (C=O) groups is 1. The molecule has 0 aromatic heterocycles. The largest absolute Gasteiger partial charge is 0.491 e. The normalized spacial score (nSPS) is 10.7. The molecule has 24 heavy (non-hydrogen) atoms. The van der Waals surface area contributed by atoms with E-state index in [9.17, 15) is 4.79 Å². The van der Waals surface area contributed by atoms with Gasteiger partial charge in [0.25, 0.3) is 0 Å². The molecule has 0 aliphatic carbocycles. The van der Waals surface area contributed by atoms with Gasteiger partial charge in [-0.2, -0.15) is 0 Å². The Bertz CT molecular complexity index is 681. The van der Waals surface area contributed by atoms with Crippen molar-refractivity contribution in [1.82, 2.24) is 5.32 Å². The van der Waals surface area contributed by atoms with Gasteiger partial charge in [0, 0.05) is 19.0 Å². The fraction of sp³-hybridized carbons (Fsp3) is 0.250. The molecule has 0 saturated carbocycles. The van der Waals surface area contributed by atoms with E-state index in [1.165, 1.54) is 11.6 Å². The molecule has 0 aliphatic heterocycles. The lowest BCUT2D eigenvalue weighted by molar-refractivity contribution is -0.116. The number of carbonyl (C=O) groups excluding carboxylic acids is 1. The van der Waals surface area contributed by atoms with Crippen molar-refractivity contribution in [2.45, 2.75) is 19.8 Å². The van der Waals surface area contributed by atoms with E-state index >= 15 is 0 Å². The monoisotopic (exact) mass is 324 g/mol. The van der Waals surface area contributed by atoms with Crippen LogP contribution in [0, 0.1) is 0 Å². The summed E-state index contributed by atoms with van der Waals surface area (Å²) in [4.78, 5) is 11.5. The molecule has 2 aromatic carbocycles. The Morgan fingerprint density at radius 3 is 2.71 bits per heavy atom. The number of hydrogen-bond donors (Lipinski definition) is 2. The second kappa shape index (κ2) is 9.40. The van der Waals surface area contributed by atoms with Crippen LogP contribution in [0.4, 0.5) is 5.69 Å². The minimum Gasteiger partial charge on any atom is -0.491 e. The first-order valence-corrected chi connectivity index (χ1v) is 8.21. The molecule has 0 fully saturated rings. The van der Waals surface area contributed by atoms with Gasteiger partial charge in [0.1, 0.15) is 5.75 Å². The number of nitrogens with one attached hydrogen (secondary N) is 1. The molecule has 0 heterocycles. The van der Waals surface area contributed by atoms with Gasteiger partial charge in [-0.25, -0.2) is 0 Å². The van der Waals surface area contributed by atoms with Gasteiger partial charge < -0.3 is 15.8 Å². The molecule has 3 N–H and O–H groups in total. The van der Waals surface area contributed by atoms with Crippen LogP contribution in [0.2, 0.25) is 0 Å². The first-order valence-electron chi connectivity index (χ1n) is 8.21. The number of amides is 1. The molecule has 0 saturated heterocycles. The Morgan fingerprint density at radius 2 is 2.00 bits per heavy atom. The molecule has 2 rings (SSSR count). The Hall–Kier alpha value is -2.75. The van der Waals surface area contributed by atoms with E-state index in [1.54, 1.807) is 12.1 Å². The highest BCUT2D eigenvalue weighted by molar-refractivity contribution is 5.91. The average molecular weight is 324 g/mol. The number of nitrogen functional groups attached to an aromatic ring is 1. The van der Waals surface area contributed by atoms with Crippen LogP contribution in [-0.2, 0) is 11.2 Å². The van der Waals surface area contributed by atoms with Gasteiger partial charge in [0.2, 0.25) is 5.91 Å². The van der Waals surface area contributed by atoms with Crippen molar-refractivity contribution in [2.75, 3.05) is 18.9 Å². The van der Waals surface area contributed by atoms with Crippen molar-refractivity contribution in [1.29, 1.82) is 0 Å². The average Bonchev–Trinajstić information content (AvgIpc) is 2.60. The predicted molar refractivity (Wildman–Crippen MR) is 98.8 cm³/mol. The number of ether oxygens (including phenoxy) is 1. The molecule has 2 aromatic rings. The highest BCUT2D eigenvalue weighted by atomic mass is 16.5. The van der Waals surface area contributed by atoms with Crippen molar-refractivity contribution in [3.63, 3.8) is 0 Å². The molecule has 0 aliphatic rings. The Morgan fingerprint density at radius 1 is 1.21 bits per heavy atom. The van der Waals surface area contributed by atoms with Crippen LogP contribution in [-0.4, -0.2) is 19.1 Å². The van der Waals surface area contributed by atoms with Gasteiger partial charge in [0.05, 0.1) is 12.3 Å². The van der Waals surface area contributed by atoms with Crippen molar-refractivity contribution >= 4 is 17.7 Å². The highest BCUT2D eigenvalue weighted by Gasteiger charge is 2.02. The van der Waals surface area contributed by atoms with Crippen LogP contribution in [0.3, 0.4) is 0 Å². The third kappa shape index (κ3) is 5.80. The number of benzene rings is 2. The van der Waals surface area contributed by atoms with Crippen molar-refractivity contribution in [2.24, 2.45) is 0 Å². The third-order valence-corrected chi connectivity index (χ3v) is 3.50. The molecule has 4 nitrogen and oxygen atoms in total. The van der Waals surface area contributed by atoms with E-state index in [0.29, 0.717) is 24.6 Å².